The summed E-state index contributed by atoms with van der Waals surface area (Å²) in [6.07, 6.45) is 4.69. The molecule has 0 saturated carbocycles. The molecule has 1 aliphatic rings. The first-order valence-corrected chi connectivity index (χ1v) is 4.71. The van der Waals surface area contributed by atoms with E-state index in [1.807, 2.05) is 6.20 Å². The maximum Gasteiger partial charge on any atom is 0.139 e. The van der Waals surface area contributed by atoms with Crippen molar-refractivity contribution in [3.8, 4) is 0 Å². The second kappa shape index (κ2) is 3.47. The van der Waals surface area contributed by atoms with Crippen molar-refractivity contribution in [3.63, 3.8) is 0 Å². The Kier molecular flexibility index (Phi) is 2.33. The van der Waals surface area contributed by atoms with Gasteiger partial charge in [-0.1, -0.05) is 0 Å². The van der Waals surface area contributed by atoms with Gasteiger partial charge in [0.05, 0.1) is 0 Å². The number of hydrogen-bond acceptors (Lipinski definition) is 3. The molecule has 0 spiro atoms. The number of aromatic nitrogens is 2. The lowest BCUT2D eigenvalue weighted by molar-refractivity contribution is 0.0950. The molecule has 1 aliphatic heterocycles. The Labute approximate surface area is 77.7 Å². The second-order valence-corrected chi connectivity index (χ2v) is 3.32. The normalized spacial score (nSPS) is 28.2. The standard InChI is InChI=1S/C9H15N3O/c1-2-12-5-4-11-9(12)8-7(10)3-6-13-8/h4-5,7-8H,2-3,6,10H2,1H3/t7-,8+/m0/s1. The van der Waals surface area contributed by atoms with Gasteiger partial charge in [0.2, 0.25) is 0 Å². The smallest absolute Gasteiger partial charge is 0.139 e. The van der Waals surface area contributed by atoms with E-state index in [0.29, 0.717) is 0 Å². The van der Waals surface area contributed by atoms with E-state index in [-0.39, 0.29) is 12.1 Å². The van der Waals surface area contributed by atoms with Gasteiger partial charge in [-0.05, 0) is 13.3 Å². The summed E-state index contributed by atoms with van der Waals surface area (Å²) in [6.45, 7) is 3.76. The van der Waals surface area contributed by atoms with Crippen LogP contribution in [0.4, 0.5) is 0 Å². The van der Waals surface area contributed by atoms with E-state index in [2.05, 4.69) is 16.5 Å². The molecule has 2 rings (SSSR count). The van der Waals surface area contributed by atoms with Crippen LogP contribution in [-0.4, -0.2) is 22.2 Å². The van der Waals surface area contributed by atoms with Crippen LogP contribution in [0.25, 0.3) is 0 Å². The summed E-state index contributed by atoms with van der Waals surface area (Å²) in [5.74, 6) is 0.965. The van der Waals surface area contributed by atoms with E-state index in [1.54, 1.807) is 6.20 Å². The van der Waals surface area contributed by atoms with Crippen LogP contribution < -0.4 is 5.73 Å². The second-order valence-electron chi connectivity index (χ2n) is 3.32. The van der Waals surface area contributed by atoms with Crippen LogP contribution in [0.2, 0.25) is 0 Å². The molecule has 4 nitrogen and oxygen atoms in total. The largest absolute Gasteiger partial charge is 0.369 e. The molecule has 13 heavy (non-hydrogen) atoms. The molecular weight excluding hydrogens is 166 g/mol. The van der Waals surface area contributed by atoms with Gasteiger partial charge in [0, 0.05) is 31.6 Å². The summed E-state index contributed by atoms with van der Waals surface area (Å²) < 4.78 is 7.62. The van der Waals surface area contributed by atoms with Gasteiger partial charge in [0.1, 0.15) is 11.9 Å². The van der Waals surface area contributed by atoms with Gasteiger partial charge >= 0.3 is 0 Å². The molecule has 1 saturated heterocycles. The summed E-state index contributed by atoms with van der Waals surface area (Å²) in [5.41, 5.74) is 5.92. The Bertz CT molecular complexity index is 284. The summed E-state index contributed by atoms with van der Waals surface area (Å²) >= 11 is 0. The monoisotopic (exact) mass is 181 g/mol. The number of ether oxygens (including phenoxy) is 1. The molecule has 0 radical (unpaired) electrons. The third kappa shape index (κ3) is 1.47. The van der Waals surface area contributed by atoms with E-state index >= 15 is 0 Å². The zero-order valence-corrected chi connectivity index (χ0v) is 7.81. The van der Waals surface area contributed by atoms with Crippen molar-refractivity contribution < 1.29 is 4.74 Å². The average Bonchev–Trinajstić information content (AvgIpc) is 2.71. The Morgan fingerprint density at radius 1 is 1.77 bits per heavy atom. The molecular formula is C9H15N3O. The van der Waals surface area contributed by atoms with Gasteiger partial charge in [-0.2, -0.15) is 0 Å². The van der Waals surface area contributed by atoms with E-state index < -0.39 is 0 Å². The molecule has 2 heterocycles. The molecule has 1 aromatic heterocycles. The molecule has 72 valence electrons. The molecule has 1 aromatic rings. The van der Waals surface area contributed by atoms with E-state index in [0.717, 1.165) is 25.4 Å². The van der Waals surface area contributed by atoms with Crippen LogP contribution >= 0.6 is 0 Å². The van der Waals surface area contributed by atoms with E-state index in [9.17, 15) is 0 Å². The van der Waals surface area contributed by atoms with Crippen molar-refractivity contribution in [1.82, 2.24) is 9.55 Å². The molecule has 0 aromatic carbocycles. The minimum Gasteiger partial charge on any atom is -0.369 e. The first-order chi connectivity index (χ1) is 6.33. The first kappa shape index (κ1) is 8.72. The number of hydrogen-bond donors (Lipinski definition) is 1. The summed E-state index contributed by atoms with van der Waals surface area (Å²) in [6, 6.07) is 0.104. The van der Waals surface area contributed by atoms with Crippen LogP contribution in [0.3, 0.4) is 0 Å². The third-order valence-electron chi connectivity index (χ3n) is 2.48. The fourth-order valence-electron chi connectivity index (χ4n) is 1.72. The summed E-state index contributed by atoms with van der Waals surface area (Å²) in [4.78, 5) is 4.28. The van der Waals surface area contributed by atoms with Gasteiger partial charge in [0.25, 0.3) is 0 Å². The maximum atomic E-state index is 5.92. The zero-order valence-electron chi connectivity index (χ0n) is 7.81. The van der Waals surface area contributed by atoms with Crippen LogP contribution in [0.1, 0.15) is 25.3 Å². The molecule has 0 unspecified atom stereocenters. The fourth-order valence-corrected chi connectivity index (χ4v) is 1.72. The highest BCUT2D eigenvalue weighted by Gasteiger charge is 2.29. The molecule has 4 heteroatoms. The Morgan fingerprint density at radius 3 is 3.23 bits per heavy atom. The van der Waals surface area contributed by atoms with Crippen LogP contribution in [0.5, 0.6) is 0 Å². The highest BCUT2D eigenvalue weighted by molar-refractivity contribution is 5.02. The summed E-state index contributed by atoms with van der Waals surface area (Å²) in [5, 5.41) is 0. The Balaban J connectivity index is 2.23. The quantitative estimate of drug-likeness (QED) is 0.730. The van der Waals surface area contributed by atoms with Crippen molar-refractivity contribution in [1.29, 1.82) is 0 Å². The third-order valence-corrected chi connectivity index (χ3v) is 2.48. The average molecular weight is 181 g/mol. The molecule has 2 N–H and O–H groups in total. The molecule has 0 amide bonds. The predicted molar refractivity (Wildman–Crippen MR) is 49.2 cm³/mol. The molecule has 0 aliphatic carbocycles. The van der Waals surface area contributed by atoms with Crippen LogP contribution in [0.15, 0.2) is 12.4 Å². The number of rotatable bonds is 2. The lowest BCUT2D eigenvalue weighted by atomic mass is 10.1. The van der Waals surface area contributed by atoms with Gasteiger partial charge in [-0.3, -0.25) is 0 Å². The minimum absolute atomic E-state index is 0.00468. The lowest BCUT2D eigenvalue weighted by Crippen LogP contribution is -2.25. The van der Waals surface area contributed by atoms with Crippen LogP contribution in [-0.2, 0) is 11.3 Å². The summed E-state index contributed by atoms with van der Waals surface area (Å²) in [7, 11) is 0. The highest BCUT2D eigenvalue weighted by atomic mass is 16.5. The topological polar surface area (TPSA) is 53.1 Å². The number of nitrogens with zero attached hydrogens (tertiary/aromatic N) is 2. The van der Waals surface area contributed by atoms with Crippen molar-refractivity contribution in [2.24, 2.45) is 5.73 Å². The fraction of sp³-hybridized carbons (Fsp3) is 0.667. The molecule has 2 atom stereocenters. The predicted octanol–water partition coefficient (Wildman–Crippen LogP) is 0.692. The number of imidazole rings is 1. The van der Waals surface area contributed by atoms with Gasteiger partial charge in [-0.15, -0.1) is 0 Å². The zero-order chi connectivity index (χ0) is 9.26. The maximum absolute atomic E-state index is 5.92. The van der Waals surface area contributed by atoms with E-state index in [4.69, 9.17) is 10.5 Å². The van der Waals surface area contributed by atoms with Crippen molar-refractivity contribution in [2.75, 3.05) is 6.61 Å². The van der Waals surface area contributed by atoms with Crippen molar-refractivity contribution >= 4 is 0 Å². The van der Waals surface area contributed by atoms with Gasteiger partial charge in [-0.25, -0.2) is 4.98 Å². The number of nitrogens with two attached hydrogens (primary N) is 1. The molecule has 0 bridgehead atoms. The van der Waals surface area contributed by atoms with Gasteiger partial charge in [0.15, 0.2) is 0 Å². The molecule has 1 fully saturated rings. The van der Waals surface area contributed by atoms with Gasteiger partial charge < -0.3 is 15.0 Å². The number of aryl methyl sites for hydroxylation is 1. The van der Waals surface area contributed by atoms with Crippen molar-refractivity contribution in [3.05, 3.63) is 18.2 Å². The minimum atomic E-state index is -0.00468. The highest BCUT2D eigenvalue weighted by Crippen LogP contribution is 2.26. The van der Waals surface area contributed by atoms with Crippen LogP contribution in [0, 0.1) is 0 Å². The Hall–Kier alpha value is -0.870. The lowest BCUT2D eigenvalue weighted by Gasteiger charge is -2.14. The van der Waals surface area contributed by atoms with Crippen molar-refractivity contribution in [2.45, 2.75) is 32.0 Å². The first-order valence-electron chi connectivity index (χ1n) is 4.71. The van der Waals surface area contributed by atoms with E-state index in [1.165, 1.54) is 0 Å². The SMILES string of the molecule is CCn1ccnc1[C@@H]1OCC[C@@H]1N. The Morgan fingerprint density at radius 2 is 2.62 bits per heavy atom.